The minimum absolute atomic E-state index is 0. The highest BCUT2D eigenvalue weighted by atomic mass is 35.5. The molecule has 3 N–H and O–H groups in total. The van der Waals surface area contributed by atoms with E-state index in [9.17, 15) is 13.2 Å². The first kappa shape index (κ1) is 38.2. The van der Waals surface area contributed by atoms with Crippen molar-refractivity contribution in [2.24, 2.45) is 10.7 Å². The van der Waals surface area contributed by atoms with Crippen LogP contribution in [0.2, 0.25) is 5.02 Å². The van der Waals surface area contributed by atoms with Crippen LogP contribution >= 0.6 is 36.4 Å². The molecular formula is C31H42Cl3N5O5S. The standard InChI is InChI=1S/C31H40ClN5O5S.2ClH/c1-2-41-30(38)22-43(39,40)37(17-7-9-23-8-6-10-24(20-23)31(33)34)25-12-13-28(27(32)21-25)42-26-14-18-36(19-15-26)29-11-4-3-5-16-35-29;;/h6-10,12-13,20-21,26H,2-5,11,14-19,22H2,1H3,(H3,33,34);2*1H/b9-7+;;. The predicted octanol–water partition coefficient (Wildman–Crippen LogP) is 5.70. The summed E-state index contributed by atoms with van der Waals surface area (Å²) in [6.07, 6.45) is 9.67. The maximum absolute atomic E-state index is 13.4. The van der Waals surface area contributed by atoms with Gasteiger partial charge in [0.2, 0.25) is 10.0 Å². The number of nitrogens with two attached hydrogens (primary N) is 1. The van der Waals surface area contributed by atoms with Crippen molar-refractivity contribution >= 4 is 75.8 Å². The van der Waals surface area contributed by atoms with Gasteiger partial charge < -0.3 is 20.1 Å². The molecule has 2 heterocycles. The number of esters is 1. The Kier molecular flexibility index (Phi) is 15.5. The number of hydrogen-bond donors (Lipinski definition) is 2. The van der Waals surface area contributed by atoms with Gasteiger partial charge in [-0.2, -0.15) is 0 Å². The number of halogens is 3. The van der Waals surface area contributed by atoms with Crippen LogP contribution in [0.15, 0.2) is 53.5 Å². The largest absolute Gasteiger partial charge is 0.489 e. The van der Waals surface area contributed by atoms with E-state index in [0.717, 1.165) is 55.2 Å². The highest BCUT2D eigenvalue weighted by Gasteiger charge is 2.28. The number of nitrogens with zero attached hydrogens (tertiary/aromatic N) is 3. The van der Waals surface area contributed by atoms with Crippen molar-refractivity contribution in [2.75, 3.05) is 42.8 Å². The lowest BCUT2D eigenvalue weighted by Crippen LogP contribution is -2.41. The Morgan fingerprint density at radius 1 is 1.16 bits per heavy atom. The molecule has 0 aromatic heterocycles. The first-order valence-electron chi connectivity index (χ1n) is 14.7. The summed E-state index contributed by atoms with van der Waals surface area (Å²) in [6.45, 7) is 4.29. The molecule has 4 rings (SSSR count). The molecule has 14 heteroatoms. The first-order chi connectivity index (χ1) is 20.7. The average Bonchev–Trinajstić information content (AvgIpc) is 3.26. The molecule has 0 spiro atoms. The number of rotatable bonds is 11. The van der Waals surface area contributed by atoms with Crippen LogP contribution in [0.3, 0.4) is 0 Å². The zero-order valence-corrected chi connectivity index (χ0v) is 28.5. The van der Waals surface area contributed by atoms with Crippen LogP contribution in [0.5, 0.6) is 5.75 Å². The summed E-state index contributed by atoms with van der Waals surface area (Å²) in [5.74, 6) is -0.0184. The number of nitrogens with one attached hydrogen (secondary N) is 1. The fourth-order valence-corrected chi connectivity index (χ4v) is 6.68. The predicted molar refractivity (Wildman–Crippen MR) is 186 cm³/mol. The minimum atomic E-state index is -4.11. The topological polar surface area (TPSA) is 138 Å². The molecule has 1 saturated heterocycles. The van der Waals surface area contributed by atoms with E-state index in [2.05, 4.69) is 4.90 Å². The molecule has 248 valence electrons. The monoisotopic (exact) mass is 701 g/mol. The maximum Gasteiger partial charge on any atom is 0.323 e. The summed E-state index contributed by atoms with van der Waals surface area (Å²) in [6, 6.07) is 11.9. The van der Waals surface area contributed by atoms with Crippen LogP contribution in [0.25, 0.3) is 6.08 Å². The molecule has 0 unspecified atom stereocenters. The summed E-state index contributed by atoms with van der Waals surface area (Å²) in [4.78, 5) is 19.3. The highest BCUT2D eigenvalue weighted by Crippen LogP contribution is 2.33. The van der Waals surface area contributed by atoms with Gasteiger partial charge in [-0.1, -0.05) is 48.4 Å². The molecule has 0 aliphatic carbocycles. The van der Waals surface area contributed by atoms with Crippen molar-refractivity contribution in [1.29, 1.82) is 5.41 Å². The zero-order chi connectivity index (χ0) is 30.8. The summed E-state index contributed by atoms with van der Waals surface area (Å²) < 4.78 is 39.0. The lowest BCUT2D eigenvalue weighted by Gasteiger charge is -2.34. The molecular weight excluding hydrogens is 661 g/mol. The van der Waals surface area contributed by atoms with Crippen LogP contribution in [0.4, 0.5) is 5.69 Å². The molecule has 0 bridgehead atoms. The summed E-state index contributed by atoms with van der Waals surface area (Å²) in [7, 11) is -4.11. The molecule has 10 nitrogen and oxygen atoms in total. The van der Waals surface area contributed by atoms with E-state index in [1.807, 2.05) is 6.07 Å². The van der Waals surface area contributed by atoms with Crippen LogP contribution in [0, 0.1) is 5.41 Å². The van der Waals surface area contributed by atoms with Gasteiger partial charge in [0.1, 0.15) is 17.7 Å². The third kappa shape index (κ3) is 11.1. The molecule has 0 amide bonds. The van der Waals surface area contributed by atoms with Gasteiger partial charge in [-0.25, -0.2) is 8.42 Å². The van der Waals surface area contributed by atoms with Crippen molar-refractivity contribution in [3.8, 4) is 5.75 Å². The van der Waals surface area contributed by atoms with Crippen LogP contribution in [0.1, 0.15) is 56.6 Å². The van der Waals surface area contributed by atoms with Gasteiger partial charge in [0, 0.05) is 44.5 Å². The maximum atomic E-state index is 13.4. The Labute approximate surface area is 283 Å². The van der Waals surface area contributed by atoms with Gasteiger partial charge in [-0.15, -0.1) is 24.8 Å². The van der Waals surface area contributed by atoms with Crippen molar-refractivity contribution in [3.63, 3.8) is 0 Å². The Morgan fingerprint density at radius 3 is 2.60 bits per heavy atom. The number of sulfonamides is 1. The number of ether oxygens (including phenoxy) is 2. The van der Waals surface area contributed by atoms with Crippen molar-refractivity contribution in [2.45, 2.75) is 51.6 Å². The third-order valence-corrected chi connectivity index (χ3v) is 9.30. The fraction of sp³-hybridized carbons (Fsp3) is 0.452. The van der Waals surface area contributed by atoms with E-state index < -0.39 is 21.7 Å². The summed E-state index contributed by atoms with van der Waals surface area (Å²) >= 11 is 6.63. The SMILES string of the molecule is CCOC(=O)CS(=O)(=O)N(C/C=C/c1cccc(C(=N)N)c1)c1ccc(OC2CCN(C3=NCCCCC3)CC2)c(Cl)c1.Cl.Cl. The summed E-state index contributed by atoms with van der Waals surface area (Å²) in [5.41, 5.74) is 7.19. The fourth-order valence-electron chi connectivity index (χ4n) is 5.17. The number of nitrogen functional groups attached to an aromatic ring is 1. The Hall–Kier alpha value is -2.99. The number of carbonyl (C=O) groups excluding carboxylic acids is 1. The molecule has 2 aliphatic rings. The zero-order valence-electron chi connectivity index (χ0n) is 25.3. The van der Waals surface area contributed by atoms with Gasteiger partial charge in [0.25, 0.3) is 0 Å². The second-order valence-electron chi connectivity index (χ2n) is 10.6. The normalized spacial score (nSPS) is 15.7. The molecule has 2 aromatic carbocycles. The number of carbonyl (C=O) groups is 1. The number of hydrogen-bond acceptors (Lipinski definition) is 8. The van der Waals surface area contributed by atoms with Crippen LogP contribution < -0.4 is 14.8 Å². The smallest absolute Gasteiger partial charge is 0.323 e. The first-order valence-corrected chi connectivity index (χ1v) is 16.7. The number of anilines is 1. The molecule has 2 aromatic rings. The number of likely N-dealkylation sites (tertiary alicyclic amines) is 1. The molecule has 0 radical (unpaired) electrons. The van der Waals surface area contributed by atoms with Crippen LogP contribution in [-0.4, -0.2) is 75.6 Å². The second-order valence-corrected chi connectivity index (χ2v) is 12.9. The number of amidine groups is 2. The van der Waals surface area contributed by atoms with E-state index in [1.165, 1.54) is 18.7 Å². The average molecular weight is 703 g/mol. The van der Waals surface area contributed by atoms with Crippen LogP contribution in [-0.2, 0) is 19.6 Å². The lowest BCUT2D eigenvalue weighted by molar-refractivity contribution is -0.139. The third-order valence-electron chi connectivity index (χ3n) is 7.38. The Bertz CT molecular complexity index is 1460. The minimum Gasteiger partial charge on any atom is -0.489 e. The number of aliphatic imine (C=N–C) groups is 1. The Balaban J connectivity index is 0.00000353. The van der Waals surface area contributed by atoms with Crippen molar-refractivity contribution in [3.05, 3.63) is 64.7 Å². The molecule has 2 aliphatic heterocycles. The number of benzene rings is 2. The molecule has 1 fully saturated rings. The molecule has 0 saturated carbocycles. The molecule has 0 atom stereocenters. The summed E-state index contributed by atoms with van der Waals surface area (Å²) in [5, 5.41) is 7.92. The lowest BCUT2D eigenvalue weighted by atomic mass is 10.1. The van der Waals surface area contributed by atoms with Crippen molar-refractivity contribution in [1.82, 2.24) is 4.90 Å². The Morgan fingerprint density at radius 2 is 1.91 bits per heavy atom. The van der Waals surface area contributed by atoms with E-state index in [0.29, 0.717) is 17.0 Å². The van der Waals surface area contributed by atoms with Gasteiger partial charge in [-0.05, 0) is 49.6 Å². The van der Waals surface area contributed by atoms with E-state index in [-0.39, 0.29) is 54.9 Å². The second kappa shape index (κ2) is 18.2. The van der Waals surface area contributed by atoms with Gasteiger partial charge in [0.15, 0.2) is 5.75 Å². The van der Waals surface area contributed by atoms with Gasteiger partial charge >= 0.3 is 5.97 Å². The van der Waals surface area contributed by atoms with Gasteiger partial charge in [-0.3, -0.25) is 19.5 Å². The quantitative estimate of drug-likeness (QED) is 0.174. The van der Waals surface area contributed by atoms with Crippen molar-refractivity contribution < 1.29 is 22.7 Å². The van der Waals surface area contributed by atoms with Gasteiger partial charge in [0.05, 0.1) is 29.7 Å². The van der Waals surface area contributed by atoms with E-state index in [1.54, 1.807) is 55.5 Å². The highest BCUT2D eigenvalue weighted by molar-refractivity contribution is 7.93. The van der Waals surface area contributed by atoms with E-state index in [4.69, 9.17) is 37.2 Å². The molecule has 45 heavy (non-hydrogen) atoms. The number of piperidine rings is 1. The van der Waals surface area contributed by atoms with E-state index >= 15 is 0 Å².